The Morgan fingerprint density at radius 1 is 1.19 bits per heavy atom. The van der Waals surface area contributed by atoms with E-state index in [1.165, 1.54) is 21.6 Å². The van der Waals surface area contributed by atoms with Gasteiger partial charge in [-0.25, -0.2) is 4.79 Å². The van der Waals surface area contributed by atoms with Crippen LogP contribution < -0.4 is 9.64 Å². The van der Waals surface area contributed by atoms with Crippen molar-refractivity contribution in [1.29, 1.82) is 0 Å². The molecule has 0 aromatic heterocycles. The number of alkyl halides is 3. The highest BCUT2D eigenvalue weighted by atomic mass is 19.4. The lowest BCUT2D eigenvalue weighted by Gasteiger charge is -2.51. The van der Waals surface area contributed by atoms with Crippen molar-refractivity contribution in [2.45, 2.75) is 103 Å². The van der Waals surface area contributed by atoms with Crippen molar-refractivity contribution in [3.05, 3.63) is 23.3 Å². The van der Waals surface area contributed by atoms with Gasteiger partial charge in [-0.1, -0.05) is 20.8 Å². The number of amides is 3. The molecule has 2 fully saturated rings. The van der Waals surface area contributed by atoms with Gasteiger partial charge in [-0.2, -0.15) is 13.2 Å². The lowest BCUT2D eigenvalue weighted by atomic mass is 9.76. The van der Waals surface area contributed by atoms with E-state index >= 15 is 0 Å². The van der Waals surface area contributed by atoms with Gasteiger partial charge in [0.2, 0.25) is 5.60 Å². The van der Waals surface area contributed by atoms with Crippen LogP contribution in [0.5, 0.6) is 5.75 Å². The number of carbonyl (C=O) groups is 3. The highest BCUT2D eigenvalue weighted by molar-refractivity contribution is 6.05. The van der Waals surface area contributed by atoms with Gasteiger partial charge in [0, 0.05) is 32.8 Å². The minimum absolute atomic E-state index is 0.0543. The molecular weight excluding hydrogens is 623 g/mol. The number of piperidine rings is 1. The van der Waals surface area contributed by atoms with Crippen molar-refractivity contribution in [3.63, 3.8) is 0 Å². The zero-order valence-corrected chi connectivity index (χ0v) is 28.3. The van der Waals surface area contributed by atoms with E-state index in [1.54, 1.807) is 21.0 Å². The number of anilines is 1. The topological polar surface area (TPSA) is 121 Å². The fourth-order valence-electron chi connectivity index (χ4n) is 6.77. The van der Waals surface area contributed by atoms with E-state index in [4.69, 9.17) is 18.9 Å². The number of unbranched alkanes of at least 4 members (excludes halogenated alkanes) is 1. The number of rotatable bonds is 12. The third-order valence-electron chi connectivity index (χ3n) is 8.90. The van der Waals surface area contributed by atoms with Crippen molar-refractivity contribution < 1.29 is 51.6 Å². The lowest BCUT2D eigenvalue weighted by molar-refractivity contribution is -0.140. The SMILES string of the molecule is COCCCCN1C(=O)C(C)(COCC2CO2)Oc2cc(C(F)(F)F)c(C(=O)N(C(C)C)[C@@H]3CCCN(C(=O)O)C3C(C)(C)C)cc21. The number of hydrogen-bond donors (Lipinski definition) is 1. The van der Waals surface area contributed by atoms with Crippen molar-refractivity contribution in [3.8, 4) is 5.75 Å². The molecule has 0 saturated carbocycles. The number of likely N-dealkylation sites (tertiary alicyclic amines) is 1. The summed E-state index contributed by atoms with van der Waals surface area (Å²) in [6.45, 7) is 11.8. The lowest BCUT2D eigenvalue weighted by Crippen LogP contribution is -2.63. The summed E-state index contributed by atoms with van der Waals surface area (Å²) in [6, 6.07) is -0.0303. The van der Waals surface area contributed by atoms with Gasteiger partial charge in [-0.15, -0.1) is 0 Å². The second-order valence-corrected chi connectivity index (χ2v) is 14.1. The van der Waals surface area contributed by atoms with Crippen LogP contribution in [-0.4, -0.2) is 109 Å². The number of ether oxygens (including phenoxy) is 4. The first-order valence-electron chi connectivity index (χ1n) is 16.2. The van der Waals surface area contributed by atoms with Crippen LogP contribution in [0, 0.1) is 5.41 Å². The number of carbonyl (C=O) groups excluding carboxylic acids is 2. The number of epoxide rings is 1. The minimum Gasteiger partial charge on any atom is -0.473 e. The molecule has 4 atom stereocenters. The number of halogens is 3. The summed E-state index contributed by atoms with van der Waals surface area (Å²) >= 11 is 0. The zero-order valence-electron chi connectivity index (χ0n) is 28.3. The van der Waals surface area contributed by atoms with E-state index in [-0.39, 0.29) is 43.8 Å². The molecule has 1 N–H and O–H groups in total. The first kappa shape index (κ1) is 36.7. The number of fused-ring (bicyclic) bond motifs is 1. The van der Waals surface area contributed by atoms with Crippen LogP contribution in [-0.2, 0) is 25.2 Å². The average Bonchev–Trinajstić information content (AvgIpc) is 3.79. The normalized spacial score (nSPS) is 24.7. The summed E-state index contributed by atoms with van der Waals surface area (Å²) in [4.78, 5) is 44.8. The number of carboxylic acid groups (broad SMARTS) is 1. The second-order valence-electron chi connectivity index (χ2n) is 14.1. The predicted octanol–water partition coefficient (Wildman–Crippen LogP) is 5.44. The Kier molecular flexibility index (Phi) is 11.1. The molecule has 1 aromatic rings. The number of benzene rings is 1. The van der Waals surface area contributed by atoms with E-state index in [9.17, 15) is 32.7 Å². The summed E-state index contributed by atoms with van der Waals surface area (Å²) in [5.41, 5.74) is -4.03. The third kappa shape index (κ3) is 8.14. The van der Waals surface area contributed by atoms with E-state index in [1.807, 2.05) is 20.8 Å². The van der Waals surface area contributed by atoms with Crippen molar-refractivity contribution >= 4 is 23.6 Å². The number of hydrogen-bond acceptors (Lipinski definition) is 7. The fraction of sp³-hybridized carbons (Fsp3) is 0.727. The Morgan fingerprint density at radius 3 is 2.43 bits per heavy atom. The summed E-state index contributed by atoms with van der Waals surface area (Å²) in [5, 5.41) is 10.0. The zero-order chi connectivity index (χ0) is 34.9. The fourth-order valence-corrected chi connectivity index (χ4v) is 6.77. The van der Waals surface area contributed by atoms with Crippen LogP contribution in [0.2, 0.25) is 0 Å². The molecular formula is C33H48F3N3O8. The predicted molar refractivity (Wildman–Crippen MR) is 167 cm³/mol. The first-order chi connectivity index (χ1) is 21.9. The molecule has 0 aliphatic carbocycles. The molecule has 14 heteroatoms. The maximum atomic E-state index is 14.8. The van der Waals surface area contributed by atoms with E-state index in [2.05, 4.69) is 0 Å². The third-order valence-corrected chi connectivity index (χ3v) is 8.90. The summed E-state index contributed by atoms with van der Waals surface area (Å²) in [5.74, 6) is -1.59. The van der Waals surface area contributed by atoms with Crippen LogP contribution in [0.1, 0.15) is 83.1 Å². The summed E-state index contributed by atoms with van der Waals surface area (Å²) < 4.78 is 66.5. The molecule has 2 saturated heterocycles. The van der Waals surface area contributed by atoms with Crippen LogP contribution in [0.15, 0.2) is 12.1 Å². The molecule has 3 aliphatic heterocycles. The molecule has 1 aromatic carbocycles. The summed E-state index contributed by atoms with van der Waals surface area (Å²) in [7, 11) is 1.55. The standard InChI is InChI=1S/C33H48F3N3O8/c1-20(2)39(24-11-10-13-38(30(42)43)27(24)31(3,4)5)28(40)22-15-25-26(16-23(22)33(34,35)36)47-32(6,19-45-17-21-18-46-21)29(41)37(25)12-8-9-14-44-7/h15-16,20-21,24,27H,8-14,17-19H2,1-7H3,(H,42,43)/t21?,24-,27?,32?/m1/s1. The molecule has 47 heavy (non-hydrogen) atoms. The Bertz CT molecular complexity index is 1310. The highest BCUT2D eigenvalue weighted by Gasteiger charge is 2.50. The van der Waals surface area contributed by atoms with Gasteiger partial charge in [0.05, 0.1) is 48.7 Å². The molecule has 11 nitrogen and oxygen atoms in total. The molecule has 0 spiro atoms. The molecule has 0 radical (unpaired) electrons. The Labute approximate surface area is 274 Å². The molecule has 0 bridgehead atoms. The monoisotopic (exact) mass is 671 g/mol. The van der Waals surface area contributed by atoms with Crippen LogP contribution in [0.4, 0.5) is 23.7 Å². The van der Waals surface area contributed by atoms with Gasteiger partial charge in [-0.3, -0.25) is 9.59 Å². The highest BCUT2D eigenvalue weighted by Crippen LogP contribution is 2.45. The van der Waals surface area contributed by atoms with Crippen LogP contribution >= 0.6 is 0 Å². The quantitative estimate of drug-likeness (QED) is 0.231. The smallest absolute Gasteiger partial charge is 0.417 e. The Balaban J connectivity index is 1.81. The van der Waals surface area contributed by atoms with Crippen molar-refractivity contribution in [2.75, 3.05) is 51.5 Å². The largest absolute Gasteiger partial charge is 0.473 e. The molecule has 3 aliphatic rings. The second kappa shape index (κ2) is 14.2. The Morgan fingerprint density at radius 2 is 1.87 bits per heavy atom. The molecule has 3 heterocycles. The van der Waals surface area contributed by atoms with E-state index in [0.29, 0.717) is 38.9 Å². The van der Waals surface area contributed by atoms with Gasteiger partial charge in [0.1, 0.15) is 11.9 Å². The van der Waals surface area contributed by atoms with Gasteiger partial charge < -0.3 is 38.8 Å². The molecule has 264 valence electrons. The first-order valence-corrected chi connectivity index (χ1v) is 16.2. The van der Waals surface area contributed by atoms with Gasteiger partial charge in [0.15, 0.2) is 0 Å². The van der Waals surface area contributed by atoms with E-state index in [0.717, 1.165) is 12.1 Å². The summed E-state index contributed by atoms with van der Waals surface area (Å²) in [6.07, 6.45) is -4.25. The van der Waals surface area contributed by atoms with E-state index < -0.39 is 64.4 Å². The maximum absolute atomic E-state index is 14.8. The molecule has 4 rings (SSSR count). The van der Waals surface area contributed by atoms with Crippen LogP contribution in [0.25, 0.3) is 0 Å². The Hall–Kier alpha value is -3.10. The average molecular weight is 672 g/mol. The molecule has 3 unspecified atom stereocenters. The van der Waals surface area contributed by atoms with Crippen molar-refractivity contribution in [1.82, 2.24) is 9.80 Å². The van der Waals surface area contributed by atoms with Crippen LogP contribution in [0.3, 0.4) is 0 Å². The minimum atomic E-state index is -4.95. The van der Waals surface area contributed by atoms with Gasteiger partial charge in [0.25, 0.3) is 11.8 Å². The van der Waals surface area contributed by atoms with Crippen molar-refractivity contribution in [2.24, 2.45) is 5.41 Å². The van der Waals surface area contributed by atoms with Gasteiger partial charge >= 0.3 is 12.3 Å². The number of nitrogens with zero attached hydrogens (tertiary/aromatic N) is 3. The maximum Gasteiger partial charge on any atom is 0.417 e. The number of methoxy groups -OCH3 is 1. The van der Waals surface area contributed by atoms with Gasteiger partial charge in [-0.05, 0) is 64.0 Å². The molecule has 3 amide bonds.